The molecule has 0 fully saturated rings. The van der Waals surface area contributed by atoms with Gasteiger partial charge in [-0.2, -0.15) is 0 Å². The summed E-state index contributed by atoms with van der Waals surface area (Å²) in [5.74, 6) is 5.10. The Morgan fingerprint density at radius 1 is 1.43 bits per heavy atom. The lowest BCUT2D eigenvalue weighted by Crippen LogP contribution is -2.27. The Morgan fingerprint density at radius 2 is 2.00 bits per heavy atom. The molecule has 0 saturated carbocycles. The predicted molar refractivity (Wildman–Crippen MR) is 35.4 cm³/mol. The number of nitrogens with one attached hydrogen (secondary N) is 1. The van der Waals surface area contributed by atoms with Gasteiger partial charge in [-0.05, 0) is 10.8 Å². The van der Waals surface area contributed by atoms with E-state index in [-0.39, 0.29) is 0 Å². The Kier molecular flexibility index (Phi) is 2.05. The second-order valence-electron chi connectivity index (χ2n) is 1.04. The van der Waals surface area contributed by atoms with Crippen LogP contribution in [0.2, 0.25) is 0 Å². The van der Waals surface area contributed by atoms with Gasteiger partial charge in [0.25, 0.3) is 0 Å². The molecule has 1 rings (SSSR count). The van der Waals surface area contributed by atoms with E-state index in [1.54, 1.807) is 23.5 Å². The Morgan fingerprint density at radius 3 is 2.29 bits per heavy atom. The Balaban J connectivity index is 2.22. The van der Waals surface area contributed by atoms with Crippen LogP contribution in [0.4, 0.5) is 0 Å². The van der Waals surface area contributed by atoms with Crippen molar-refractivity contribution in [3.63, 3.8) is 0 Å². The summed E-state index contributed by atoms with van der Waals surface area (Å²) < 4.78 is 0.347. The highest BCUT2D eigenvalue weighted by Gasteiger charge is 2.06. The first kappa shape index (κ1) is 5.50. The highest BCUT2D eigenvalue weighted by Crippen LogP contribution is 2.29. The van der Waals surface area contributed by atoms with Crippen LogP contribution in [0.15, 0.2) is 10.8 Å². The van der Waals surface area contributed by atoms with Crippen LogP contribution < -0.4 is 11.3 Å². The van der Waals surface area contributed by atoms with E-state index in [0.29, 0.717) is 4.71 Å². The summed E-state index contributed by atoms with van der Waals surface area (Å²) in [4.78, 5) is 0. The minimum atomic E-state index is 0.347. The fraction of sp³-hybridized carbons (Fsp3) is 0.333. The van der Waals surface area contributed by atoms with E-state index in [4.69, 9.17) is 5.84 Å². The van der Waals surface area contributed by atoms with Crippen molar-refractivity contribution in [2.75, 3.05) is 0 Å². The zero-order valence-electron chi connectivity index (χ0n) is 3.63. The summed E-state index contributed by atoms with van der Waals surface area (Å²) in [5, 5.41) is 4.05. The molecule has 0 aromatic heterocycles. The second-order valence-corrected chi connectivity index (χ2v) is 3.37. The van der Waals surface area contributed by atoms with E-state index in [1.807, 2.05) is 10.8 Å². The van der Waals surface area contributed by atoms with Gasteiger partial charge >= 0.3 is 0 Å². The van der Waals surface area contributed by atoms with E-state index in [0.717, 1.165) is 0 Å². The number of thioether (sulfide) groups is 2. The number of hydrazine groups is 1. The molecule has 0 amide bonds. The standard InChI is InChI=1S/C3H6N2S2/c4-5-3-6-1-2-7-3/h1-3,5H,4H2. The van der Waals surface area contributed by atoms with Crippen molar-refractivity contribution >= 4 is 23.5 Å². The molecule has 4 heteroatoms. The lowest BCUT2D eigenvalue weighted by molar-refractivity contribution is 0.839. The predicted octanol–water partition coefficient (Wildman–Crippen LogP) is 0.685. The highest BCUT2D eigenvalue weighted by atomic mass is 32.2. The van der Waals surface area contributed by atoms with E-state index < -0.39 is 0 Å². The summed E-state index contributed by atoms with van der Waals surface area (Å²) in [6.45, 7) is 0. The van der Waals surface area contributed by atoms with Gasteiger partial charge in [0.15, 0.2) is 0 Å². The molecule has 0 spiro atoms. The van der Waals surface area contributed by atoms with Crippen molar-refractivity contribution in [2.45, 2.75) is 4.71 Å². The van der Waals surface area contributed by atoms with Crippen LogP contribution >= 0.6 is 23.5 Å². The summed E-state index contributed by atoms with van der Waals surface area (Å²) in [6.07, 6.45) is 0. The van der Waals surface area contributed by atoms with Gasteiger partial charge in [-0.3, -0.25) is 5.84 Å². The molecule has 1 aliphatic rings. The topological polar surface area (TPSA) is 38.0 Å². The maximum absolute atomic E-state index is 5.10. The lowest BCUT2D eigenvalue weighted by Gasteiger charge is -2.01. The van der Waals surface area contributed by atoms with Crippen LogP contribution in [0.25, 0.3) is 0 Å². The molecule has 40 valence electrons. The van der Waals surface area contributed by atoms with E-state index in [9.17, 15) is 0 Å². The number of hydrogen-bond acceptors (Lipinski definition) is 4. The van der Waals surface area contributed by atoms with Crippen LogP contribution in [0, 0.1) is 0 Å². The van der Waals surface area contributed by atoms with Crippen molar-refractivity contribution in [1.29, 1.82) is 0 Å². The Labute approximate surface area is 50.9 Å². The van der Waals surface area contributed by atoms with Crippen molar-refractivity contribution in [1.82, 2.24) is 5.43 Å². The van der Waals surface area contributed by atoms with E-state index in [1.165, 1.54) is 0 Å². The third-order valence-electron chi connectivity index (χ3n) is 0.596. The number of hydrogen-bond donors (Lipinski definition) is 2. The lowest BCUT2D eigenvalue weighted by atomic mass is 11.3. The van der Waals surface area contributed by atoms with Crippen LogP contribution in [0.1, 0.15) is 0 Å². The molecule has 0 aromatic rings. The van der Waals surface area contributed by atoms with Gasteiger partial charge in [0.1, 0.15) is 4.71 Å². The molecule has 7 heavy (non-hydrogen) atoms. The molecule has 0 aliphatic carbocycles. The molecule has 1 aliphatic heterocycles. The van der Waals surface area contributed by atoms with Crippen LogP contribution in [-0.4, -0.2) is 4.71 Å². The van der Waals surface area contributed by atoms with Crippen molar-refractivity contribution in [2.24, 2.45) is 5.84 Å². The SMILES string of the molecule is NNC1SC=CS1. The Hall–Kier alpha value is 0.360. The molecule has 0 radical (unpaired) electrons. The summed E-state index contributed by atoms with van der Waals surface area (Å²) in [5.41, 5.74) is 2.63. The van der Waals surface area contributed by atoms with E-state index >= 15 is 0 Å². The average molecular weight is 134 g/mol. The van der Waals surface area contributed by atoms with Crippen molar-refractivity contribution in [3.8, 4) is 0 Å². The van der Waals surface area contributed by atoms with Crippen molar-refractivity contribution < 1.29 is 0 Å². The molecule has 3 N–H and O–H groups in total. The zero-order valence-corrected chi connectivity index (χ0v) is 5.26. The monoisotopic (exact) mass is 134 g/mol. The van der Waals surface area contributed by atoms with Gasteiger partial charge in [-0.15, -0.1) is 23.5 Å². The molecular weight excluding hydrogens is 128 g/mol. The van der Waals surface area contributed by atoms with Gasteiger partial charge < -0.3 is 0 Å². The molecule has 0 aromatic carbocycles. The first-order valence-electron chi connectivity index (χ1n) is 1.85. The van der Waals surface area contributed by atoms with Gasteiger partial charge in [0, 0.05) is 0 Å². The molecule has 0 bridgehead atoms. The molecule has 0 unspecified atom stereocenters. The quantitative estimate of drug-likeness (QED) is 0.408. The summed E-state index contributed by atoms with van der Waals surface area (Å²) >= 11 is 3.38. The molecule has 0 saturated heterocycles. The number of nitrogens with two attached hydrogens (primary N) is 1. The third kappa shape index (κ3) is 1.38. The van der Waals surface area contributed by atoms with Gasteiger partial charge in [0.2, 0.25) is 0 Å². The van der Waals surface area contributed by atoms with Crippen molar-refractivity contribution in [3.05, 3.63) is 10.8 Å². The smallest absolute Gasteiger partial charge is 0.120 e. The second kappa shape index (κ2) is 2.61. The zero-order chi connectivity index (χ0) is 5.11. The van der Waals surface area contributed by atoms with Gasteiger partial charge in [-0.1, -0.05) is 0 Å². The molecule has 1 heterocycles. The van der Waals surface area contributed by atoms with Crippen LogP contribution in [0.5, 0.6) is 0 Å². The fourth-order valence-corrected chi connectivity index (χ4v) is 1.91. The largest absolute Gasteiger partial charge is 0.270 e. The summed E-state index contributed by atoms with van der Waals surface area (Å²) in [7, 11) is 0. The first-order valence-corrected chi connectivity index (χ1v) is 3.74. The fourth-order valence-electron chi connectivity index (χ4n) is 0.318. The van der Waals surface area contributed by atoms with Gasteiger partial charge in [0.05, 0.1) is 0 Å². The highest BCUT2D eigenvalue weighted by molar-refractivity contribution is 8.22. The minimum absolute atomic E-state index is 0.347. The number of rotatable bonds is 1. The maximum atomic E-state index is 5.10. The third-order valence-corrected chi connectivity index (χ3v) is 2.79. The summed E-state index contributed by atoms with van der Waals surface area (Å²) in [6, 6.07) is 0. The van der Waals surface area contributed by atoms with Crippen LogP contribution in [0.3, 0.4) is 0 Å². The molecule has 0 atom stereocenters. The molecule has 2 nitrogen and oxygen atoms in total. The van der Waals surface area contributed by atoms with E-state index in [2.05, 4.69) is 5.43 Å². The van der Waals surface area contributed by atoms with Gasteiger partial charge in [-0.25, -0.2) is 5.43 Å². The average Bonchev–Trinajstić information content (AvgIpc) is 2.14. The minimum Gasteiger partial charge on any atom is -0.270 e. The molecular formula is C3H6N2S2. The first-order chi connectivity index (χ1) is 3.43. The maximum Gasteiger partial charge on any atom is 0.120 e. The normalized spacial score (nSPS) is 21.3. The van der Waals surface area contributed by atoms with Crippen LogP contribution in [-0.2, 0) is 0 Å². The Bertz CT molecular complexity index is 75.0.